The monoisotopic (exact) mass is 855 g/mol. The van der Waals surface area contributed by atoms with Gasteiger partial charge in [-0.1, -0.05) is 60.7 Å². The first-order valence-corrected chi connectivity index (χ1v) is 21.8. The average molecular weight is 856 g/mol. The molecular weight excluding hydrogens is 804 g/mol. The SMILES string of the molecule is CC[N+](c1ccccc1)(c1ccccc1)C1Cc2ccc(Oc3ccc(C(N)=O)cn3)cc2C1.NC(=O)c1cnccc1Oc1ccc2c(c1)CCCC2NCCc1ccc(F)cc1. The summed E-state index contributed by atoms with van der Waals surface area (Å²) >= 11 is 0. The number of carbonyl (C=O) groups is 2. The molecule has 9 rings (SSSR count). The van der Waals surface area contributed by atoms with Crippen molar-refractivity contribution in [3.63, 3.8) is 0 Å². The van der Waals surface area contributed by atoms with Gasteiger partial charge in [-0.05, 0) is 140 Å². The average Bonchev–Trinajstić information content (AvgIpc) is 3.75. The second-order valence-corrected chi connectivity index (χ2v) is 16.2. The van der Waals surface area contributed by atoms with E-state index in [2.05, 4.69) is 101 Å². The molecule has 0 radical (unpaired) electrons. The van der Waals surface area contributed by atoms with E-state index >= 15 is 0 Å². The van der Waals surface area contributed by atoms with Crippen LogP contribution in [0.25, 0.3) is 0 Å². The van der Waals surface area contributed by atoms with E-state index < -0.39 is 11.8 Å². The summed E-state index contributed by atoms with van der Waals surface area (Å²) in [6.07, 6.45) is 10.4. The van der Waals surface area contributed by atoms with Gasteiger partial charge in [0, 0.05) is 43.5 Å². The molecule has 2 amide bonds. The Hall–Kier alpha value is -7.21. The Morgan fingerprint density at radius 2 is 1.44 bits per heavy atom. The molecule has 2 unspecified atom stereocenters. The fourth-order valence-electron chi connectivity index (χ4n) is 9.13. The number of fused-ring (bicyclic) bond motifs is 2. The normalized spacial score (nSPS) is 15.2. The number of primary amides is 2. The Labute approximate surface area is 373 Å². The van der Waals surface area contributed by atoms with E-state index in [1.54, 1.807) is 24.4 Å². The van der Waals surface area contributed by atoms with Gasteiger partial charge in [0.2, 0.25) is 11.8 Å². The van der Waals surface area contributed by atoms with Gasteiger partial charge in [-0.15, -0.1) is 0 Å². The predicted octanol–water partition coefficient (Wildman–Crippen LogP) is 10.1. The summed E-state index contributed by atoms with van der Waals surface area (Å²) in [5, 5.41) is 3.63. The van der Waals surface area contributed by atoms with Gasteiger partial charge in [-0.25, -0.2) is 9.37 Å². The number of para-hydroxylation sites is 2. The first kappa shape index (κ1) is 43.4. The number of hydrogen-bond acceptors (Lipinski definition) is 7. The zero-order valence-electron chi connectivity index (χ0n) is 35.8. The number of amides is 2. The van der Waals surface area contributed by atoms with Crippen LogP contribution in [0, 0.1) is 5.82 Å². The minimum Gasteiger partial charge on any atom is -0.456 e. The zero-order valence-corrected chi connectivity index (χ0v) is 35.8. The standard InChI is InChI=1S/C29H27N3O2.C24H24FN3O2/c1-2-32(24-9-5-3-6-10-24,25-11-7-4-8-12-25)26-17-21-13-15-27(19-23(21)18-26)34-28-16-14-22(20-31-28)29(30)33;25-18-6-4-16(5-7-18)10-13-28-22-3-1-2-17-14-19(8-9-20(17)22)30-23-11-12-27-15-21(23)24(26)29/h3-16,19-20,26H,2,17-18H2,1H3,(H-,30,33);4-9,11-12,14-15,22,28H,1-3,10,13H2,(H2,26,29)/p+1. The van der Waals surface area contributed by atoms with Crippen molar-refractivity contribution in [2.45, 2.75) is 57.5 Å². The second kappa shape index (κ2) is 19.9. The van der Waals surface area contributed by atoms with E-state index in [9.17, 15) is 14.0 Å². The maximum Gasteiger partial charge on any atom is 0.254 e. The molecule has 7 aromatic rings. The fraction of sp³-hybridized carbons (Fsp3) is 0.208. The van der Waals surface area contributed by atoms with Gasteiger partial charge >= 0.3 is 0 Å². The van der Waals surface area contributed by atoms with Crippen LogP contribution in [0.15, 0.2) is 158 Å². The van der Waals surface area contributed by atoms with Crippen molar-refractivity contribution < 1.29 is 23.5 Å². The Morgan fingerprint density at radius 1 is 0.750 bits per heavy atom. The highest BCUT2D eigenvalue weighted by molar-refractivity contribution is 5.95. The highest BCUT2D eigenvalue weighted by Gasteiger charge is 2.43. The molecular formula is C53H52FN6O4+. The first-order valence-electron chi connectivity index (χ1n) is 21.8. The van der Waals surface area contributed by atoms with E-state index in [4.69, 9.17) is 20.9 Å². The van der Waals surface area contributed by atoms with Crippen LogP contribution in [0.3, 0.4) is 0 Å². The summed E-state index contributed by atoms with van der Waals surface area (Å²) in [5.41, 5.74) is 20.2. The summed E-state index contributed by atoms with van der Waals surface area (Å²) in [7, 11) is 0. The van der Waals surface area contributed by atoms with Crippen LogP contribution in [-0.4, -0.2) is 40.9 Å². The third-order valence-electron chi connectivity index (χ3n) is 12.3. The lowest BCUT2D eigenvalue weighted by Gasteiger charge is -2.42. The molecule has 5 aromatic carbocycles. The van der Waals surface area contributed by atoms with Gasteiger partial charge in [0.25, 0.3) is 5.91 Å². The molecule has 0 spiro atoms. The van der Waals surface area contributed by atoms with Crippen molar-refractivity contribution in [3.05, 3.63) is 203 Å². The number of likely N-dealkylation sites (N-methyl/N-ethyl adjacent to an activating group) is 1. The number of ether oxygens (including phenoxy) is 2. The number of nitrogens with two attached hydrogens (primary N) is 2. The zero-order chi connectivity index (χ0) is 44.5. The minimum atomic E-state index is -0.568. The van der Waals surface area contributed by atoms with Crippen LogP contribution in [0.5, 0.6) is 23.1 Å². The van der Waals surface area contributed by atoms with E-state index in [-0.39, 0.29) is 17.4 Å². The number of carbonyl (C=O) groups excluding carboxylic acids is 2. The minimum absolute atomic E-state index is 0.208. The second-order valence-electron chi connectivity index (χ2n) is 16.2. The number of pyridine rings is 2. The summed E-state index contributed by atoms with van der Waals surface area (Å²) in [6.45, 7) is 4.07. The quantitative estimate of drug-likeness (QED) is 0.0925. The Morgan fingerprint density at radius 3 is 2.11 bits per heavy atom. The van der Waals surface area contributed by atoms with Crippen molar-refractivity contribution in [1.82, 2.24) is 19.8 Å². The molecule has 0 aliphatic heterocycles. The van der Waals surface area contributed by atoms with Crippen LogP contribution in [0.4, 0.5) is 15.8 Å². The molecule has 2 aromatic heterocycles. The maximum atomic E-state index is 13.0. The molecule has 0 bridgehead atoms. The van der Waals surface area contributed by atoms with Crippen molar-refractivity contribution in [2.24, 2.45) is 11.5 Å². The van der Waals surface area contributed by atoms with Gasteiger partial charge in [-0.2, -0.15) is 0 Å². The van der Waals surface area contributed by atoms with E-state index in [1.807, 2.05) is 30.3 Å². The Balaban J connectivity index is 0.000000176. The number of nitrogens with one attached hydrogen (secondary N) is 1. The first-order chi connectivity index (χ1) is 31.2. The van der Waals surface area contributed by atoms with E-state index in [1.165, 1.54) is 58.2 Å². The van der Waals surface area contributed by atoms with Crippen molar-refractivity contribution in [3.8, 4) is 23.1 Å². The molecule has 64 heavy (non-hydrogen) atoms. The summed E-state index contributed by atoms with van der Waals surface area (Å²) in [6, 6.07) is 46.2. The van der Waals surface area contributed by atoms with Gasteiger partial charge in [0.1, 0.15) is 46.0 Å². The highest BCUT2D eigenvalue weighted by atomic mass is 19.1. The van der Waals surface area contributed by atoms with Crippen molar-refractivity contribution >= 4 is 23.2 Å². The molecule has 2 atom stereocenters. The molecule has 2 aliphatic rings. The lowest BCUT2D eigenvalue weighted by atomic mass is 9.87. The number of rotatable bonds is 14. The van der Waals surface area contributed by atoms with Gasteiger partial charge in [0.15, 0.2) is 0 Å². The number of aryl methyl sites for hydroxylation is 1. The molecule has 0 saturated carbocycles. The summed E-state index contributed by atoms with van der Waals surface area (Å²) in [5.74, 6) is 0.982. The van der Waals surface area contributed by atoms with Crippen LogP contribution in [0.2, 0.25) is 0 Å². The smallest absolute Gasteiger partial charge is 0.254 e. The third kappa shape index (κ3) is 9.86. The van der Waals surface area contributed by atoms with Gasteiger partial charge in [0.05, 0.1) is 12.1 Å². The van der Waals surface area contributed by atoms with Crippen molar-refractivity contribution in [1.29, 1.82) is 0 Å². The van der Waals surface area contributed by atoms with Crippen LogP contribution in [-0.2, 0) is 25.7 Å². The summed E-state index contributed by atoms with van der Waals surface area (Å²) in [4.78, 5) is 31.0. The number of nitrogens with zero attached hydrogens (tertiary/aromatic N) is 3. The van der Waals surface area contributed by atoms with Gasteiger partial charge in [-0.3, -0.25) is 19.1 Å². The predicted molar refractivity (Wildman–Crippen MR) is 248 cm³/mol. The number of benzene rings is 5. The van der Waals surface area contributed by atoms with E-state index in [0.29, 0.717) is 29.0 Å². The Bertz CT molecular complexity index is 2660. The topological polar surface area (TPSA) is 142 Å². The number of hydrogen-bond donors (Lipinski definition) is 3. The lowest BCUT2D eigenvalue weighted by Crippen LogP contribution is -2.53. The molecule has 10 nitrogen and oxygen atoms in total. The molecule has 11 heteroatoms. The summed E-state index contributed by atoms with van der Waals surface area (Å²) < 4.78 is 25.8. The van der Waals surface area contributed by atoms with Crippen LogP contribution >= 0.6 is 0 Å². The van der Waals surface area contributed by atoms with Crippen LogP contribution in [0.1, 0.15) is 74.3 Å². The Kier molecular flexibility index (Phi) is 13.5. The third-order valence-corrected chi connectivity index (χ3v) is 12.3. The molecule has 2 heterocycles. The van der Waals surface area contributed by atoms with E-state index in [0.717, 1.165) is 67.4 Å². The molecule has 324 valence electrons. The fourth-order valence-corrected chi connectivity index (χ4v) is 9.13. The van der Waals surface area contributed by atoms with Gasteiger partial charge < -0.3 is 26.3 Å². The van der Waals surface area contributed by atoms with Crippen LogP contribution < -0.4 is 30.7 Å². The van der Waals surface area contributed by atoms with Crippen molar-refractivity contribution in [2.75, 3.05) is 13.1 Å². The largest absolute Gasteiger partial charge is 0.456 e. The molecule has 2 aliphatic carbocycles. The molecule has 5 N–H and O–H groups in total. The maximum absolute atomic E-state index is 13.0. The number of halogens is 1. The number of aromatic nitrogens is 2. The molecule has 0 saturated heterocycles. The highest BCUT2D eigenvalue weighted by Crippen LogP contribution is 2.43. The lowest BCUT2D eigenvalue weighted by molar-refractivity contribution is 0.0990. The molecule has 0 fully saturated rings. The number of quaternary nitrogens is 1.